The van der Waals surface area contributed by atoms with Gasteiger partial charge >= 0.3 is 0 Å². The Balaban J connectivity index is 1.71. The summed E-state index contributed by atoms with van der Waals surface area (Å²) in [6.45, 7) is 1.20. The molecule has 2 aromatic carbocycles. The first-order valence-electron chi connectivity index (χ1n) is 9.72. The fourth-order valence-corrected chi connectivity index (χ4v) is 3.23. The summed E-state index contributed by atoms with van der Waals surface area (Å²) in [5, 5.41) is 5.60. The minimum absolute atomic E-state index is 0.165. The van der Waals surface area contributed by atoms with Crippen molar-refractivity contribution in [3.63, 3.8) is 0 Å². The van der Waals surface area contributed by atoms with Gasteiger partial charge in [-0.2, -0.15) is 0 Å². The lowest BCUT2D eigenvalue weighted by Crippen LogP contribution is -2.35. The monoisotopic (exact) mass is 482 g/mol. The molecule has 31 heavy (non-hydrogen) atoms. The van der Waals surface area contributed by atoms with Gasteiger partial charge in [0.2, 0.25) is 0 Å². The molecule has 0 aliphatic rings. The van der Waals surface area contributed by atoms with Crippen LogP contribution in [-0.2, 0) is 11.3 Å². The van der Waals surface area contributed by atoms with Gasteiger partial charge in [-0.25, -0.2) is 4.98 Å². The molecular formula is C23H23BrN4O3. The zero-order chi connectivity index (χ0) is 22.1. The molecule has 0 fully saturated rings. The van der Waals surface area contributed by atoms with E-state index in [4.69, 9.17) is 4.74 Å². The van der Waals surface area contributed by atoms with Crippen molar-refractivity contribution in [2.45, 2.75) is 13.0 Å². The first kappa shape index (κ1) is 22.3. The summed E-state index contributed by atoms with van der Waals surface area (Å²) in [6.07, 6.45) is 7.69. The smallest absolute Gasteiger partial charge is 0.267 e. The summed E-state index contributed by atoms with van der Waals surface area (Å²) >= 11 is 3.36. The third-order valence-corrected chi connectivity index (χ3v) is 4.94. The number of hydrogen-bond acceptors (Lipinski definition) is 4. The number of nitrogens with one attached hydrogen (secondary N) is 2. The van der Waals surface area contributed by atoms with Gasteiger partial charge < -0.3 is 19.9 Å². The molecule has 2 N–H and O–H groups in total. The van der Waals surface area contributed by atoms with Crippen molar-refractivity contribution in [1.82, 2.24) is 20.2 Å². The zero-order valence-electron chi connectivity index (χ0n) is 17.0. The molecule has 1 aromatic heterocycles. The number of halogens is 1. The largest absolute Gasteiger partial charge is 0.497 e. The Morgan fingerprint density at radius 3 is 2.68 bits per heavy atom. The summed E-state index contributed by atoms with van der Waals surface area (Å²) in [6, 6.07) is 14.2. The van der Waals surface area contributed by atoms with Gasteiger partial charge in [0.05, 0.1) is 13.4 Å². The summed E-state index contributed by atoms with van der Waals surface area (Å²) in [4.78, 5) is 29.5. The summed E-state index contributed by atoms with van der Waals surface area (Å²) in [5.41, 5.74) is 1.37. The molecule has 0 atom stereocenters. The molecule has 3 aromatic rings. The lowest BCUT2D eigenvalue weighted by Gasteiger charge is -2.12. The number of carbonyl (C=O) groups is 2. The maximum atomic E-state index is 12.8. The summed E-state index contributed by atoms with van der Waals surface area (Å²) in [5.74, 6) is -0.0137. The van der Waals surface area contributed by atoms with Crippen LogP contribution >= 0.6 is 15.9 Å². The van der Waals surface area contributed by atoms with Crippen molar-refractivity contribution >= 4 is 33.8 Å². The Morgan fingerprint density at radius 1 is 1.19 bits per heavy atom. The Labute approximate surface area is 189 Å². The second kappa shape index (κ2) is 11.1. The number of imidazole rings is 1. The van der Waals surface area contributed by atoms with E-state index in [9.17, 15) is 9.59 Å². The number of ether oxygens (including phenoxy) is 1. The minimum atomic E-state index is -0.366. The highest BCUT2D eigenvalue weighted by molar-refractivity contribution is 9.10. The highest BCUT2D eigenvalue weighted by Crippen LogP contribution is 2.15. The number of carbonyl (C=O) groups excluding carboxylic acids is 2. The molecule has 3 rings (SSSR count). The van der Waals surface area contributed by atoms with Gasteiger partial charge in [0.25, 0.3) is 11.8 Å². The first-order valence-corrected chi connectivity index (χ1v) is 10.5. The maximum Gasteiger partial charge on any atom is 0.267 e. The number of aromatic nitrogens is 2. The molecule has 0 unspecified atom stereocenters. The number of aryl methyl sites for hydroxylation is 1. The Kier molecular flexibility index (Phi) is 8.00. The Bertz CT molecular complexity index is 1050. The van der Waals surface area contributed by atoms with Crippen LogP contribution in [0.15, 0.2) is 77.4 Å². The van der Waals surface area contributed by atoms with E-state index in [1.807, 2.05) is 29.0 Å². The normalized spacial score (nSPS) is 11.1. The summed E-state index contributed by atoms with van der Waals surface area (Å²) < 4.78 is 7.89. The van der Waals surface area contributed by atoms with Crippen molar-refractivity contribution in [2.75, 3.05) is 13.7 Å². The molecule has 0 saturated carbocycles. The zero-order valence-corrected chi connectivity index (χ0v) is 18.6. The number of rotatable bonds is 9. The third-order valence-electron chi connectivity index (χ3n) is 4.44. The molecule has 8 heteroatoms. The molecular weight excluding hydrogens is 460 g/mol. The number of benzene rings is 2. The molecule has 0 saturated heterocycles. The van der Waals surface area contributed by atoms with Crippen LogP contribution in [0.4, 0.5) is 0 Å². The van der Waals surface area contributed by atoms with Crippen LogP contribution in [0.2, 0.25) is 0 Å². The Morgan fingerprint density at radius 2 is 2.00 bits per heavy atom. The first-order chi connectivity index (χ1) is 15.0. The van der Waals surface area contributed by atoms with Crippen LogP contribution in [-0.4, -0.2) is 35.0 Å². The molecule has 0 spiro atoms. The topological polar surface area (TPSA) is 85.2 Å². The number of nitrogens with zero attached hydrogens (tertiary/aromatic N) is 2. The van der Waals surface area contributed by atoms with Crippen molar-refractivity contribution < 1.29 is 14.3 Å². The number of methoxy groups -OCH3 is 1. The van der Waals surface area contributed by atoms with Crippen molar-refractivity contribution in [1.29, 1.82) is 0 Å². The van der Waals surface area contributed by atoms with Crippen molar-refractivity contribution in [3.05, 3.63) is 88.5 Å². The van der Waals surface area contributed by atoms with Crippen molar-refractivity contribution in [2.24, 2.45) is 0 Å². The number of amides is 2. The Hall–Kier alpha value is -3.39. The van der Waals surface area contributed by atoms with Crippen LogP contribution in [0.3, 0.4) is 0 Å². The molecule has 0 radical (unpaired) electrons. The second-order valence-corrected chi connectivity index (χ2v) is 7.62. The van der Waals surface area contributed by atoms with E-state index in [1.165, 1.54) is 0 Å². The predicted octanol–water partition coefficient (Wildman–Crippen LogP) is 3.63. The van der Waals surface area contributed by atoms with Crippen LogP contribution in [0.1, 0.15) is 22.3 Å². The average molecular weight is 483 g/mol. The SMILES string of the molecule is COc1ccc(C=C(NC(=O)c2cccc(Br)c2)C(=O)NCCCn2ccnc2)cc1. The highest BCUT2D eigenvalue weighted by atomic mass is 79.9. The van der Waals surface area contributed by atoms with Crippen LogP contribution < -0.4 is 15.4 Å². The van der Waals surface area contributed by atoms with E-state index in [0.717, 1.165) is 23.0 Å². The molecule has 0 bridgehead atoms. The van der Waals surface area contributed by atoms with E-state index in [0.29, 0.717) is 17.9 Å². The van der Waals surface area contributed by atoms with Crippen molar-refractivity contribution in [3.8, 4) is 5.75 Å². The van der Waals surface area contributed by atoms with Crippen LogP contribution in [0.25, 0.3) is 6.08 Å². The predicted molar refractivity (Wildman–Crippen MR) is 122 cm³/mol. The maximum absolute atomic E-state index is 12.8. The molecule has 7 nitrogen and oxygen atoms in total. The standard InChI is InChI=1S/C23H23BrN4O3/c1-31-20-8-6-17(7-9-20)14-21(27-22(29)18-4-2-5-19(24)15-18)23(30)26-10-3-12-28-13-11-25-16-28/h2,4-9,11,13-16H,3,10,12H2,1H3,(H,26,30)(H,27,29). The third kappa shape index (κ3) is 6.82. The second-order valence-electron chi connectivity index (χ2n) is 6.71. The van der Waals surface area contributed by atoms with Gasteiger partial charge in [-0.3, -0.25) is 9.59 Å². The fourth-order valence-electron chi connectivity index (χ4n) is 2.83. The number of hydrogen-bond donors (Lipinski definition) is 2. The lowest BCUT2D eigenvalue weighted by molar-refractivity contribution is -0.117. The molecule has 160 valence electrons. The van der Waals surface area contributed by atoms with E-state index in [1.54, 1.807) is 56.0 Å². The van der Waals surface area contributed by atoms with Gasteiger partial charge in [-0.1, -0.05) is 34.1 Å². The minimum Gasteiger partial charge on any atom is -0.497 e. The van der Waals surface area contributed by atoms with Gasteiger partial charge in [0, 0.05) is 35.5 Å². The van der Waals surface area contributed by atoms with Gasteiger partial charge in [0.15, 0.2) is 0 Å². The van der Waals surface area contributed by atoms with E-state index in [2.05, 4.69) is 31.5 Å². The van der Waals surface area contributed by atoms with E-state index in [-0.39, 0.29) is 17.5 Å². The lowest BCUT2D eigenvalue weighted by atomic mass is 10.1. The average Bonchev–Trinajstić information content (AvgIpc) is 3.30. The molecule has 0 aliphatic heterocycles. The van der Waals surface area contributed by atoms with Crippen LogP contribution in [0.5, 0.6) is 5.75 Å². The summed E-state index contributed by atoms with van der Waals surface area (Å²) in [7, 11) is 1.59. The highest BCUT2D eigenvalue weighted by Gasteiger charge is 2.15. The molecule has 1 heterocycles. The van der Waals surface area contributed by atoms with E-state index >= 15 is 0 Å². The van der Waals surface area contributed by atoms with Gasteiger partial charge in [0.1, 0.15) is 11.4 Å². The van der Waals surface area contributed by atoms with E-state index < -0.39 is 0 Å². The quantitative estimate of drug-likeness (QED) is 0.360. The molecule has 2 amide bonds. The van der Waals surface area contributed by atoms with Gasteiger partial charge in [-0.15, -0.1) is 0 Å². The fraction of sp³-hybridized carbons (Fsp3) is 0.174. The van der Waals surface area contributed by atoms with Gasteiger partial charge in [-0.05, 0) is 48.4 Å². The molecule has 0 aliphatic carbocycles. The van der Waals surface area contributed by atoms with Crippen LogP contribution in [0, 0.1) is 0 Å².